The van der Waals surface area contributed by atoms with Crippen LogP contribution in [-0.2, 0) is 0 Å². The minimum Gasteiger partial charge on any atom is -0.396 e. The summed E-state index contributed by atoms with van der Waals surface area (Å²) in [6.07, 6.45) is 3.41. The smallest absolute Gasteiger partial charge is 0.258 e. The molecule has 1 N–H and O–H groups in total. The number of aliphatic hydroxyl groups excluding tert-OH is 1. The largest absolute Gasteiger partial charge is 0.396 e. The number of benzene rings is 1. The third-order valence-electron chi connectivity index (χ3n) is 3.53. The van der Waals surface area contributed by atoms with E-state index in [2.05, 4.69) is 15.9 Å². The number of aliphatic hydroxyl groups is 1. The summed E-state index contributed by atoms with van der Waals surface area (Å²) in [5.74, 6) is -0.796. The second kappa shape index (κ2) is 6.48. The average Bonchev–Trinajstić information content (AvgIpc) is 2.39. The summed E-state index contributed by atoms with van der Waals surface area (Å²) in [5.41, 5.74) is 0.0901. The van der Waals surface area contributed by atoms with Gasteiger partial charge in [-0.2, -0.15) is 0 Å². The molecule has 0 aliphatic carbocycles. The van der Waals surface area contributed by atoms with Crippen LogP contribution >= 0.6 is 15.9 Å². The van der Waals surface area contributed by atoms with E-state index in [1.807, 2.05) is 0 Å². The van der Waals surface area contributed by atoms with Gasteiger partial charge in [-0.05, 0) is 53.7 Å². The zero-order chi connectivity index (χ0) is 13.8. The first-order chi connectivity index (χ1) is 9.15. The molecule has 1 aromatic carbocycles. The summed E-state index contributed by atoms with van der Waals surface area (Å²) < 4.78 is 14.3. The van der Waals surface area contributed by atoms with Gasteiger partial charge in [-0.1, -0.05) is 6.07 Å². The van der Waals surface area contributed by atoms with Crippen LogP contribution in [-0.4, -0.2) is 35.1 Å². The van der Waals surface area contributed by atoms with Crippen LogP contribution in [0.2, 0.25) is 0 Å². The number of carbonyl (C=O) groups excluding carboxylic acids is 1. The minimum absolute atomic E-state index is 0.0118. The van der Waals surface area contributed by atoms with Crippen molar-refractivity contribution in [2.45, 2.75) is 31.7 Å². The van der Waals surface area contributed by atoms with Crippen molar-refractivity contribution in [3.63, 3.8) is 0 Å². The molecule has 1 aliphatic heterocycles. The van der Waals surface area contributed by atoms with Gasteiger partial charge in [0.25, 0.3) is 5.91 Å². The molecule has 2 rings (SSSR count). The predicted octanol–water partition coefficient (Wildman–Crippen LogP) is 2.97. The molecule has 0 radical (unpaired) electrons. The molecule has 0 aromatic heterocycles. The van der Waals surface area contributed by atoms with Gasteiger partial charge >= 0.3 is 0 Å². The first-order valence-corrected chi connectivity index (χ1v) is 7.30. The first kappa shape index (κ1) is 14.5. The van der Waals surface area contributed by atoms with Gasteiger partial charge in [0.05, 0.1) is 5.56 Å². The summed E-state index contributed by atoms with van der Waals surface area (Å²) in [5, 5.41) is 9.08. The molecule has 5 heteroatoms. The Kier molecular flexibility index (Phi) is 4.93. The third-order valence-corrected chi connectivity index (χ3v) is 4.19. The molecule has 19 heavy (non-hydrogen) atoms. The van der Waals surface area contributed by atoms with E-state index < -0.39 is 5.82 Å². The van der Waals surface area contributed by atoms with Gasteiger partial charge in [-0.3, -0.25) is 4.79 Å². The van der Waals surface area contributed by atoms with Crippen LogP contribution in [0, 0.1) is 5.82 Å². The van der Waals surface area contributed by atoms with Crippen molar-refractivity contribution in [1.82, 2.24) is 4.90 Å². The highest BCUT2D eigenvalue weighted by Crippen LogP contribution is 2.26. The van der Waals surface area contributed by atoms with Gasteiger partial charge in [0.2, 0.25) is 0 Å². The van der Waals surface area contributed by atoms with Crippen molar-refractivity contribution in [2.24, 2.45) is 0 Å². The highest BCUT2D eigenvalue weighted by Gasteiger charge is 2.29. The lowest BCUT2D eigenvalue weighted by Crippen LogP contribution is -2.44. The van der Waals surface area contributed by atoms with Crippen LogP contribution in [0.15, 0.2) is 22.7 Å². The highest BCUT2D eigenvalue weighted by atomic mass is 79.9. The Morgan fingerprint density at radius 2 is 2.26 bits per heavy atom. The fraction of sp³-hybridized carbons (Fsp3) is 0.500. The third kappa shape index (κ3) is 3.15. The van der Waals surface area contributed by atoms with Gasteiger partial charge in [0.15, 0.2) is 0 Å². The number of rotatable bonds is 3. The lowest BCUT2D eigenvalue weighted by atomic mass is 9.98. The van der Waals surface area contributed by atoms with Crippen molar-refractivity contribution >= 4 is 21.8 Å². The second-order valence-corrected chi connectivity index (χ2v) is 5.61. The minimum atomic E-state index is -0.507. The zero-order valence-corrected chi connectivity index (χ0v) is 12.2. The molecule has 1 fully saturated rings. The lowest BCUT2D eigenvalue weighted by Gasteiger charge is -2.35. The topological polar surface area (TPSA) is 40.5 Å². The maximum Gasteiger partial charge on any atom is 0.258 e. The van der Waals surface area contributed by atoms with E-state index >= 15 is 0 Å². The van der Waals surface area contributed by atoms with E-state index in [0.717, 1.165) is 19.3 Å². The Balaban J connectivity index is 2.26. The average molecular weight is 330 g/mol. The Morgan fingerprint density at radius 3 is 2.95 bits per heavy atom. The van der Waals surface area contributed by atoms with Gasteiger partial charge in [0.1, 0.15) is 5.82 Å². The molecule has 3 nitrogen and oxygen atoms in total. The summed E-state index contributed by atoms with van der Waals surface area (Å²) >= 11 is 3.24. The molecular formula is C14H17BrFNO2. The van der Waals surface area contributed by atoms with Crippen LogP contribution in [0.25, 0.3) is 0 Å². The van der Waals surface area contributed by atoms with Crippen LogP contribution in [0.1, 0.15) is 36.0 Å². The van der Waals surface area contributed by atoms with Gasteiger partial charge < -0.3 is 10.0 Å². The monoisotopic (exact) mass is 329 g/mol. The first-order valence-electron chi connectivity index (χ1n) is 6.51. The molecule has 1 aromatic rings. The standard InChI is InChI=1S/C14H17BrFNO2/c15-11-5-3-6-12(16)13(11)14(19)17-8-2-1-4-10(17)7-9-18/h3,5-6,10,18H,1-2,4,7-9H2. The summed E-state index contributed by atoms with van der Waals surface area (Å²) in [6.45, 7) is 0.678. The molecule has 1 aliphatic rings. The number of carbonyl (C=O) groups is 1. The van der Waals surface area contributed by atoms with Crippen molar-refractivity contribution in [3.05, 3.63) is 34.1 Å². The molecular weight excluding hydrogens is 313 g/mol. The SMILES string of the molecule is O=C(c1c(F)cccc1Br)N1CCCCC1CCO. The molecule has 1 unspecified atom stereocenters. The fourth-order valence-corrected chi connectivity index (χ4v) is 3.07. The lowest BCUT2D eigenvalue weighted by molar-refractivity contribution is 0.0569. The van der Waals surface area contributed by atoms with Crippen molar-refractivity contribution < 1.29 is 14.3 Å². The Morgan fingerprint density at radius 1 is 1.47 bits per heavy atom. The number of likely N-dealkylation sites (tertiary alicyclic amines) is 1. The van der Waals surface area contributed by atoms with E-state index in [4.69, 9.17) is 5.11 Å². The van der Waals surface area contributed by atoms with E-state index in [1.54, 1.807) is 17.0 Å². The second-order valence-electron chi connectivity index (χ2n) is 4.76. The number of hydrogen-bond donors (Lipinski definition) is 1. The van der Waals surface area contributed by atoms with Gasteiger partial charge in [0, 0.05) is 23.7 Å². The van der Waals surface area contributed by atoms with Crippen LogP contribution in [0.4, 0.5) is 4.39 Å². The molecule has 104 valence electrons. The molecule has 1 atom stereocenters. The Labute approximate surface area is 120 Å². The number of amides is 1. The molecule has 1 amide bonds. The van der Waals surface area contributed by atoms with E-state index in [1.165, 1.54) is 6.07 Å². The van der Waals surface area contributed by atoms with Gasteiger partial charge in [-0.15, -0.1) is 0 Å². The number of nitrogens with zero attached hydrogens (tertiary/aromatic N) is 1. The molecule has 0 saturated carbocycles. The molecule has 0 bridgehead atoms. The van der Waals surface area contributed by atoms with Crippen molar-refractivity contribution in [3.8, 4) is 0 Å². The maximum atomic E-state index is 13.8. The normalized spacial score (nSPS) is 19.5. The summed E-state index contributed by atoms with van der Waals surface area (Å²) in [4.78, 5) is 14.2. The Bertz CT molecular complexity index is 445. The number of hydrogen-bond acceptors (Lipinski definition) is 2. The van der Waals surface area contributed by atoms with Crippen LogP contribution < -0.4 is 0 Å². The van der Waals surface area contributed by atoms with Crippen LogP contribution in [0.5, 0.6) is 0 Å². The van der Waals surface area contributed by atoms with E-state index in [-0.39, 0.29) is 24.1 Å². The maximum absolute atomic E-state index is 13.8. The van der Waals surface area contributed by atoms with Crippen molar-refractivity contribution in [2.75, 3.05) is 13.2 Å². The summed E-state index contributed by atoms with van der Waals surface area (Å²) in [6, 6.07) is 4.54. The number of piperidine rings is 1. The van der Waals surface area contributed by atoms with E-state index in [0.29, 0.717) is 17.4 Å². The molecule has 1 heterocycles. The summed E-state index contributed by atoms with van der Waals surface area (Å²) in [7, 11) is 0. The predicted molar refractivity (Wildman–Crippen MR) is 74.5 cm³/mol. The quantitative estimate of drug-likeness (QED) is 0.926. The van der Waals surface area contributed by atoms with Gasteiger partial charge in [-0.25, -0.2) is 4.39 Å². The Hall–Kier alpha value is -0.940. The van der Waals surface area contributed by atoms with Crippen LogP contribution in [0.3, 0.4) is 0 Å². The highest BCUT2D eigenvalue weighted by molar-refractivity contribution is 9.10. The van der Waals surface area contributed by atoms with Crippen molar-refractivity contribution in [1.29, 1.82) is 0 Å². The zero-order valence-electron chi connectivity index (χ0n) is 10.6. The molecule has 0 spiro atoms. The van der Waals surface area contributed by atoms with E-state index in [9.17, 15) is 9.18 Å². The molecule has 1 saturated heterocycles. The fourth-order valence-electron chi connectivity index (χ4n) is 2.56. The number of halogens is 2.